The summed E-state index contributed by atoms with van der Waals surface area (Å²) in [4.78, 5) is 4.41. The van der Waals surface area contributed by atoms with Gasteiger partial charge in [0.25, 0.3) is 0 Å². The minimum atomic E-state index is -0.117. The molecule has 0 radical (unpaired) electrons. The zero-order chi connectivity index (χ0) is 10.9. The Labute approximate surface area is 93.9 Å². The molecule has 0 aromatic carbocycles. The van der Waals surface area contributed by atoms with Crippen LogP contribution in [0.4, 0.5) is 5.13 Å². The van der Waals surface area contributed by atoms with Crippen LogP contribution >= 0.6 is 11.5 Å². The second kappa shape index (κ2) is 4.06. The van der Waals surface area contributed by atoms with Crippen molar-refractivity contribution < 1.29 is 5.11 Å². The predicted molar refractivity (Wildman–Crippen MR) is 61.3 cm³/mol. The van der Waals surface area contributed by atoms with Crippen molar-refractivity contribution in [1.29, 1.82) is 0 Å². The fourth-order valence-corrected chi connectivity index (χ4v) is 2.50. The van der Waals surface area contributed by atoms with Crippen molar-refractivity contribution in [1.82, 2.24) is 9.36 Å². The van der Waals surface area contributed by atoms with E-state index in [1.807, 2.05) is 0 Å². The minimum absolute atomic E-state index is 0.117. The maximum atomic E-state index is 9.31. The van der Waals surface area contributed by atoms with Crippen LogP contribution in [0, 0.1) is 0 Å². The molecule has 0 unspecified atom stereocenters. The molecule has 2 N–H and O–H groups in total. The Bertz CT molecular complexity index is 328. The Morgan fingerprint density at radius 3 is 2.67 bits per heavy atom. The van der Waals surface area contributed by atoms with E-state index in [4.69, 9.17) is 0 Å². The van der Waals surface area contributed by atoms with Gasteiger partial charge in [0.05, 0.1) is 12.1 Å². The highest BCUT2D eigenvalue weighted by molar-refractivity contribution is 7.09. The fraction of sp³-hybridized carbons (Fsp3) is 0.800. The predicted octanol–water partition coefficient (Wildman–Crippen LogP) is 1.99. The number of rotatable bonds is 4. The number of hydrogen-bond donors (Lipinski definition) is 2. The molecule has 2 rings (SSSR count). The Morgan fingerprint density at radius 1 is 1.53 bits per heavy atom. The van der Waals surface area contributed by atoms with E-state index in [2.05, 4.69) is 28.5 Å². The third-order valence-electron chi connectivity index (χ3n) is 2.94. The van der Waals surface area contributed by atoms with Crippen LogP contribution in [0.15, 0.2) is 0 Å². The molecular weight excluding hydrogens is 210 g/mol. The standard InChI is InChI=1S/C10H17N3OS/c1-7(2)8-11-9(15-13-8)12-10(6-14)4-3-5-10/h7,14H,3-6H2,1-2H3,(H,11,12,13). The van der Waals surface area contributed by atoms with E-state index in [1.54, 1.807) is 0 Å². The van der Waals surface area contributed by atoms with Crippen LogP contribution in [-0.2, 0) is 0 Å². The Morgan fingerprint density at radius 2 is 2.27 bits per heavy atom. The first-order chi connectivity index (χ1) is 7.15. The van der Waals surface area contributed by atoms with Crippen molar-refractivity contribution in [3.63, 3.8) is 0 Å². The quantitative estimate of drug-likeness (QED) is 0.826. The molecule has 4 nitrogen and oxygen atoms in total. The van der Waals surface area contributed by atoms with Gasteiger partial charge in [0.15, 0.2) is 0 Å². The lowest BCUT2D eigenvalue weighted by Gasteiger charge is -2.40. The number of hydrogen-bond acceptors (Lipinski definition) is 5. The van der Waals surface area contributed by atoms with Gasteiger partial charge in [-0.05, 0) is 19.3 Å². The van der Waals surface area contributed by atoms with Crippen molar-refractivity contribution in [2.24, 2.45) is 0 Å². The van der Waals surface area contributed by atoms with Crippen LogP contribution < -0.4 is 5.32 Å². The molecule has 15 heavy (non-hydrogen) atoms. The number of aliphatic hydroxyl groups is 1. The van der Waals surface area contributed by atoms with Gasteiger partial charge in [-0.2, -0.15) is 4.37 Å². The van der Waals surface area contributed by atoms with E-state index in [1.165, 1.54) is 18.0 Å². The van der Waals surface area contributed by atoms with Crippen molar-refractivity contribution >= 4 is 16.7 Å². The van der Waals surface area contributed by atoms with E-state index < -0.39 is 0 Å². The van der Waals surface area contributed by atoms with Gasteiger partial charge in [-0.1, -0.05) is 13.8 Å². The molecule has 1 aromatic rings. The van der Waals surface area contributed by atoms with Crippen molar-refractivity contribution in [2.45, 2.75) is 44.6 Å². The summed E-state index contributed by atoms with van der Waals surface area (Å²) in [5, 5.41) is 13.5. The number of anilines is 1. The molecule has 1 saturated carbocycles. The summed E-state index contributed by atoms with van der Waals surface area (Å²) in [7, 11) is 0. The van der Waals surface area contributed by atoms with Crippen LogP contribution in [-0.4, -0.2) is 26.6 Å². The summed E-state index contributed by atoms with van der Waals surface area (Å²) in [6.45, 7) is 4.34. The summed E-state index contributed by atoms with van der Waals surface area (Å²) in [5.41, 5.74) is -0.117. The second-order valence-electron chi connectivity index (χ2n) is 4.53. The van der Waals surface area contributed by atoms with Crippen LogP contribution in [0.3, 0.4) is 0 Å². The maximum Gasteiger partial charge on any atom is 0.203 e. The molecule has 1 heterocycles. The average Bonchev–Trinajstić information content (AvgIpc) is 2.59. The molecule has 5 heteroatoms. The average molecular weight is 227 g/mol. The van der Waals surface area contributed by atoms with Crippen LogP contribution in [0.5, 0.6) is 0 Å². The van der Waals surface area contributed by atoms with E-state index in [0.29, 0.717) is 5.92 Å². The molecule has 1 fully saturated rings. The third kappa shape index (κ3) is 2.13. The third-order valence-corrected chi connectivity index (χ3v) is 3.59. The first kappa shape index (κ1) is 10.8. The zero-order valence-electron chi connectivity index (χ0n) is 9.16. The number of aliphatic hydroxyl groups excluding tert-OH is 1. The molecule has 0 atom stereocenters. The van der Waals surface area contributed by atoms with Gasteiger partial charge in [-0.3, -0.25) is 0 Å². The van der Waals surface area contributed by atoms with Crippen LogP contribution in [0.2, 0.25) is 0 Å². The maximum absolute atomic E-state index is 9.31. The smallest absolute Gasteiger partial charge is 0.203 e. The van der Waals surface area contributed by atoms with E-state index >= 15 is 0 Å². The number of aromatic nitrogens is 2. The summed E-state index contributed by atoms with van der Waals surface area (Å²) in [6, 6.07) is 0. The topological polar surface area (TPSA) is 58.0 Å². The molecule has 1 aliphatic rings. The first-order valence-electron chi connectivity index (χ1n) is 5.38. The van der Waals surface area contributed by atoms with Gasteiger partial charge < -0.3 is 10.4 Å². The van der Waals surface area contributed by atoms with Crippen LogP contribution in [0.25, 0.3) is 0 Å². The molecule has 0 spiro atoms. The Balaban J connectivity index is 2.04. The SMILES string of the molecule is CC(C)c1nsc(NC2(CO)CCC2)n1. The monoisotopic (exact) mass is 227 g/mol. The summed E-state index contributed by atoms with van der Waals surface area (Å²) in [6.07, 6.45) is 3.24. The molecule has 1 aromatic heterocycles. The van der Waals surface area contributed by atoms with E-state index in [-0.39, 0.29) is 12.1 Å². The fourth-order valence-electron chi connectivity index (χ4n) is 1.67. The van der Waals surface area contributed by atoms with Crippen LogP contribution in [0.1, 0.15) is 44.9 Å². The molecule has 0 bridgehead atoms. The molecule has 1 aliphatic carbocycles. The summed E-state index contributed by atoms with van der Waals surface area (Å²) < 4.78 is 4.28. The van der Waals surface area contributed by atoms with Gasteiger partial charge in [0.2, 0.25) is 5.13 Å². The molecule has 0 amide bonds. The van der Waals surface area contributed by atoms with Gasteiger partial charge >= 0.3 is 0 Å². The highest BCUT2D eigenvalue weighted by Crippen LogP contribution is 2.35. The number of nitrogens with zero attached hydrogens (tertiary/aromatic N) is 2. The van der Waals surface area contributed by atoms with E-state index in [0.717, 1.165) is 23.8 Å². The highest BCUT2D eigenvalue weighted by Gasteiger charge is 2.37. The van der Waals surface area contributed by atoms with Crippen molar-refractivity contribution in [3.05, 3.63) is 5.82 Å². The highest BCUT2D eigenvalue weighted by atomic mass is 32.1. The summed E-state index contributed by atoms with van der Waals surface area (Å²) in [5.74, 6) is 1.25. The van der Waals surface area contributed by atoms with E-state index in [9.17, 15) is 5.11 Å². The van der Waals surface area contributed by atoms with Gasteiger partial charge in [-0.15, -0.1) is 0 Å². The normalized spacial score (nSPS) is 18.9. The minimum Gasteiger partial charge on any atom is -0.394 e. The largest absolute Gasteiger partial charge is 0.394 e. The van der Waals surface area contributed by atoms with Crippen molar-refractivity contribution in [2.75, 3.05) is 11.9 Å². The number of nitrogens with one attached hydrogen (secondary N) is 1. The summed E-state index contributed by atoms with van der Waals surface area (Å²) >= 11 is 1.39. The Hall–Kier alpha value is -0.680. The lowest BCUT2D eigenvalue weighted by molar-refractivity contribution is 0.144. The molecule has 0 aliphatic heterocycles. The van der Waals surface area contributed by atoms with Gasteiger partial charge in [-0.25, -0.2) is 4.98 Å². The zero-order valence-corrected chi connectivity index (χ0v) is 9.97. The molecule has 84 valence electrons. The molecule has 0 saturated heterocycles. The lowest BCUT2D eigenvalue weighted by Crippen LogP contribution is -2.48. The van der Waals surface area contributed by atoms with Gasteiger partial charge in [0.1, 0.15) is 5.82 Å². The second-order valence-corrected chi connectivity index (χ2v) is 5.28. The first-order valence-corrected chi connectivity index (χ1v) is 6.15. The van der Waals surface area contributed by atoms with Gasteiger partial charge in [0, 0.05) is 17.5 Å². The Kier molecular flexibility index (Phi) is 2.93. The lowest BCUT2D eigenvalue weighted by atomic mass is 9.77. The molecular formula is C10H17N3OS. The van der Waals surface area contributed by atoms with Crippen molar-refractivity contribution in [3.8, 4) is 0 Å².